The summed E-state index contributed by atoms with van der Waals surface area (Å²) in [6.45, 7) is 1.28. The number of hydrogen-bond acceptors (Lipinski definition) is 3. The second-order valence-electron chi connectivity index (χ2n) is 4.02. The molecule has 0 saturated heterocycles. The van der Waals surface area contributed by atoms with Crippen LogP contribution in [-0.4, -0.2) is 25.6 Å². The topological polar surface area (TPSA) is 74.8 Å². The van der Waals surface area contributed by atoms with Gasteiger partial charge >= 0.3 is 12.1 Å². The number of carboxylic acids is 1. The van der Waals surface area contributed by atoms with Crippen molar-refractivity contribution >= 4 is 11.6 Å². The number of pyridine rings is 1. The monoisotopic (exact) mass is 274 g/mol. The van der Waals surface area contributed by atoms with Crippen LogP contribution in [0.1, 0.15) is 34.6 Å². The van der Waals surface area contributed by atoms with E-state index in [9.17, 15) is 23.1 Å². The molecule has 2 aromatic rings. The van der Waals surface area contributed by atoms with Gasteiger partial charge in [0.05, 0.1) is 11.7 Å². The Morgan fingerprint density at radius 2 is 2.05 bits per heavy atom. The summed E-state index contributed by atoms with van der Waals surface area (Å²) in [7, 11) is 0. The van der Waals surface area contributed by atoms with Gasteiger partial charge in [-0.1, -0.05) is 0 Å². The maximum atomic E-state index is 12.7. The Bertz CT molecular complexity index is 646. The van der Waals surface area contributed by atoms with Gasteiger partial charge in [-0.15, -0.1) is 0 Å². The van der Waals surface area contributed by atoms with Crippen molar-refractivity contribution in [1.82, 2.24) is 9.38 Å². The molecule has 0 aliphatic carbocycles. The lowest BCUT2D eigenvalue weighted by atomic mass is 10.1. The van der Waals surface area contributed by atoms with Gasteiger partial charge in [0.25, 0.3) is 0 Å². The summed E-state index contributed by atoms with van der Waals surface area (Å²) in [5, 5.41) is 18.3. The number of halogens is 3. The number of alkyl halides is 3. The van der Waals surface area contributed by atoms with Crippen molar-refractivity contribution < 1.29 is 28.2 Å². The van der Waals surface area contributed by atoms with Gasteiger partial charge in [0.15, 0.2) is 5.69 Å². The molecular weight excluding hydrogens is 265 g/mol. The molecule has 0 aliphatic heterocycles. The summed E-state index contributed by atoms with van der Waals surface area (Å²) in [5.41, 5.74) is -1.46. The van der Waals surface area contributed by atoms with Crippen molar-refractivity contribution in [3.8, 4) is 0 Å². The van der Waals surface area contributed by atoms with E-state index in [0.29, 0.717) is 0 Å². The molecule has 2 rings (SSSR count). The average Bonchev–Trinajstić information content (AvgIpc) is 2.69. The Hall–Kier alpha value is -2.09. The number of aliphatic hydroxyl groups is 1. The number of aromatic nitrogens is 2. The Morgan fingerprint density at radius 3 is 2.53 bits per heavy atom. The second kappa shape index (κ2) is 4.23. The summed E-state index contributed by atoms with van der Waals surface area (Å²) < 4.78 is 39.0. The molecule has 19 heavy (non-hydrogen) atoms. The minimum absolute atomic E-state index is 0.0135. The van der Waals surface area contributed by atoms with Crippen LogP contribution in [0.2, 0.25) is 0 Å². The number of aliphatic hydroxyl groups excluding tert-OH is 1. The molecule has 2 N–H and O–H groups in total. The lowest BCUT2D eigenvalue weighted by molar-refractivity contribution is -0.138. The van der Waals surface area contributed by atoms with Crippen molar-refractivity contribution in [3.63, 3.8) is 0 Å². The van der Waals surface area contributed by atoms with Crippen molar-refractivity contribution in [1.29, 1.82) is 0 Å². The number of carbonyl (C=O) groups is 1. The normalized spacial score (nSPS) is 13.7. The van der Waals surface area contributed by atoms with Crippen LogP contribution in [0.25, 0.3) is 5.65 Å². The SMILES string of the molecule is CC(O)c1cc(C(F)(F)F)cn2cc(C(=O)O)nc12. The van der Waals surface area contributed by atoms with E-state index < -0.39 is 23.8 Å². The lowest BCUT2D eigenvalue weighted by Crippen LogP contribution is -2.09. The van der Waals surface area contributed by atoms with Gasteiger partial charge in [-0.2, -0.15) is 13.2 Å². The van der Waals surface area contributed by atoms with Crippen molar-refractivity contribution in [3.05, 3.63) is 35.3 Å². The first kappa shape index (κ1) is 13.3. The number of rotatable bonds is 2. The average molecular weight is 274 g/mol. The zero-order valence-electron chi connectivity index (χ0n) is 9.64. The maximum Gasteiger partial charge on any atom is 0.417 e. The Balaban J connectivity index is 2.76. The predicted molar refractivity (Wildman–Crippen MR) is 57.8 cm³/mol. The molecule has 0 amide bonds. The van der Waals surface area contributed by atoms with E-state index in [1.165, 1.54) is 6.92 Å². The molecule has 0 aliphatic rings. The molecule has 0 radical (unpaired) electrons. The zero-order chi connectivity index (χ0) is 14.4. The summed E-state index contributed by atoms with van der Waals surface area (Å²) >= 11 is 0. The highest BCUT2D eigenvalue weighted by molar-refractivity contribution is 5.86. The van der Waals surface area contributed by atoms with Crippen molar-refractivity contribution in [2.45, 2.75) is 19.2 Å². The third-order valence-corrected chi connectivity index (χ3v) is 2.58. The first-order chi connectivity index (χ1) is 8.70. The molecule has 1 unspecified atom stereocenters. The predicted octanol–water partition coefficient (Wildman–Crippen LogP) is 2.10. The highest BCUT2D eigenvalue weighted by Crippen LogP contribution is 2.32. The van der Waals surface area contributed by atoms with Crippen LogP contribution in [0.5, 0.6) is 0 Å². The summed E-state index contributed by atoms with van der Waals surface area (Å²) in [5.74, 6) is -1.35. The van der Waals surface area contributed by atoms with Gasteiger partial charge in [0, 0.05) is 18.0 Å². The second-order valence-corrected chi connectivity index (χ2v) is 4.02. The van der Waals surface area contributed by atoms with Gasteiger partial charge in [0.2, 0.25) is 0 Å². The molecule has 8 heteroatoms. The standard InChI is InChI=1S/C11H9F3N2O3/c1-5(17)7-2-6(11(12,13)14)3-16-4-8(10(18)19)15-9(7)16/h2-5,17H,1H3,(H,18,19). The van der Waals surface area contributed by atoms with E-state index in [-0.39, 0.29) is 16.9 Å². The highest BCUT2D eigenvalue weighted by Gasteiger charge is 2.32. The fraction of sp³-hybridized carbons (Fsp3) is 0.273. The van der Waals surface area contributed by atoms with Gasteiger partial charge in [0.1, 0.15) is 5.65 Å². The summed E-state index contributed by atoms with van der Waals surface area (Å²) in [6.07, 6.45) is -4.08. The number of aromatic carboxylic acids is 1. The third kappa shape index (κ3) is 2.39. The number of nitrogens with zero attached hydrogens (tertiary/aromatic N) is 2. The van der Waals surface area contributed by atoms with Crippen LogP contribution in [0.3, 0.4) is 0 Å². The molecule has 5 nitrogen and oxygen atoms in total. The van der Waals surface area contributed by atoms with Crippen LogP contribution in [0.4, 0.5) is 13.2 Å². The Morgan fingerprint density at radius 1 is 1.42 bits per heavy atom. The number of imidazole rings is 1. The summed E-state index contributed by atoms with van der Waals surface area (Å²) in [6, 6.07) is 0.763. The Labute approximate surface area is 104 Å². The Kier molecular flexibility index (Phi) is 2.97. The fourth-order valence-corrected chi connectivity index (χ4v) is 1.69. The molecular formula is C11H9F3N2O3. The van der Waals surface area contributed by atoms with E-state index in [4.69, 9.17) is 5.11 Å². The van der Waals surface area contributed by atoms with Crippen molar-refractivity contribution in [2.75, 3.05) is 0 Å². The first-order valence-electron chi connectivity index (χ1n) is 5.21. The van der Waals surface area contributed by atoms with E-state index in [1.54, 1.807) is 0 Å². The largest absolute Gasteiger partial charge is 0.476 e. The molecule has 1 atom stereocenters. The van der Waals surface area contributed by atoms with Crippen LogP contribution < -0.4 is 0 Å². The molecule has 0 bridgehead atoms. The molecule has 0 saturated carbocycles. The van der Waals surface area contributed by atoms with Crippen LogP contribution in [0.15, 0.2) is 18.5 Å². The van der Waals surface area contributed by atoms with E-state index in [2.05, 4.69) is 4.98 Å². The van der Waals surface area contributed by atoms with E-state index >= 15 is 0 Å². The fourth-order valence-electron chi connectivity index (χ4n) is 1.69. The first-order valence-corrected chi connectivity index (χ1v) is 5.21. The number of hydrogen-bond donors (Lipinski definition) is 2. The van der Waals surface area contributed by atoms with Gasteiger partial charge in [-0.25, -0.2) is 9.78 Å². The molecule has 0 fully saturated rings. The molecule has 0 spiro atoms. The number of carboxylic acid groups (broad SMARTS) is 1. The molecule has 2 heterocycles. The minimum Gasteiger partial charge on any atom is -0.476 e. The third-order valence-electron chi connectivity index (χ3n) is 2.58. The molecule has 2 aromatic heterocycles. The van der Waals surface area contributed by atoms with Gasteiger partial charge < -0.3 is 14.6 Å². The van der Waals surface area contributed by atoms with Crippen LogP contribution in [0, 0.1) is 0 Å². The smallest absolute Gasteiger partial charge is 0.417 e. The van der Waals surface area contributed by atoms with E-state index in [0.717, 1.165) is 22.9 Å². The summed E-state index contributed by atoms with van der Waals surface area (Å²) in [4.78, 5) is 14.5. The minimum atomic E-state index is -4.59. The van der Waals surface area contributed by atoms with Crippen LogP contribution >= 0.6 is 0 Å². The van der Waals surface area contributed by atoms with Crippen molar-refractivity contribution in [2.24, 2.45) is 0 Å². The van der Waals surface area contributed by atoms with E-state index in [1.807, 2.05) is 0 Å². The van der Waals surface area contributed by atoms with Crippen LogP contribution in [-0.2, 0) is 6.18 Å². The van der Waals surface area contributed by atoms with Gasteiger partial charge in [-0.05, 0) is 13.0 Å². The quantitative estimate of drug-likeness (QED) is 0.879. The molecule has 102 valence electrons. The molecule has 0 aromatic carbocycles. The number of fused-ring (bicyclic) bond motifs is 1. The highest BCUT2D eigenvalue weighted by atomic mass is 19.4. The lowest BCUT2D eigenvalue weighted by Gasteiger charge is -2.12. The zero-order valence-corrected chi connectivity index (χ0v) is 9.64. The maximum absolute atomic E-state index is 12.7. The van der Waals surface area contributed by atoms with Gasteiger partial charge in [-0.3, -0.25) is 0 Å².